The minimum atomic E-state index is -0.153. The minimum absolute atomic E-state index is 0.0172. The lowest BCUT2D eigenvalue weighted by Gasteiger charge is -2.34. The van der Waals surface area contributed by atoms with Gasteiger partial charge in [0.1, 0.15) is 0 Å². The fourth-order valence-electron chi connectivity index (χ4n) is 2.09. The number of nitrogens with one attached hydrogen (secondary N) is 2. The highest BCUT2D eigenvalue weighted by Gasteiger charge is 2.28. The van der Waals surface area contributed by atoms with E-state index in [1.54, 1.807) is 7.05 Å². The van der Waals surface area contributed by atoms with Gasteiger partial charge in [0.05, 0.1) is 18.2 Å². The van der Waals surface area contributed by atoms with Crippen molar-refractivity contribution in [3.63, 3.8) is 0 Å². The van der Waals surface area contributed by atoms with Gasteiger partial charge in [-0.05, 0) is 33.6 Å². The molecule has 0 aliphatic carbocycles. The first-order chi connectivity index (χ1) is 9.50. The molecule has 1 aromatic rings. The summed E-state index contributed by atoms with van der Waals surface area (Å²) in [6.07, 6.45) is 2.07. The normalized spacial score (nSPS) is 22.6. The SMILES string of the molecule is CNc1nc(NC2(C)CCCOC2)nc(OC(C)C)n1. The van der Waals surface area contributed by atoms with E-state index in [1.807, 2.05) is 13.8 Å². The summed E-state index contributed by atoms with van der Waals surface area (Å²) in [5.41, 5.74) is -0.153. The van der Waals surface area contributed by atoms with Crippen molar-refractivity contribution in [3.05, 3.63) is 0 Å². The van der Waals surface area contributed by atoms with Crippen LogP contribution in [0.15, 0.2) is 0 Å². The molecule has 1 atom stereocenters. The van der Waals surface area contributed by atoms with Gasteiger partial charge in [0.25, 0.3) is 0 Å². The first kappa shape index (κ1) is 14.8. The van der Waals surface area contributed by atoms with Crippen molar-refractivity contribution in [2.45, 2.75) is 45.3 Å². The van der Waals surface area contributed by atoms with Gasteiger partial charge in [-0.15, -0.1) is 0 Å². The summed E-state index contributed by atoms with van der Waals surface area (Å²) in [7, 11) is 1.77. The van der Waals surface area contributed by atoms with Gasteiger partial charge in [0.15, 0.2) is 0 Å². The third kappa shape index (κ3) is 3.93. The maximum absolute atomic E-state index is 5.55. The second-order valence-electron chi connectivity index (χ2n) is 5.52. The third-order valence-corrected chi connectivity index (χ3v) is 3.03. The van der Waals surface area contributed by atoms with Gasteiger partial charge in [-0.25, -0.2) is 0 Å². The maximum Gasteiger partial charge on any atom is 0.323 e. The molecule has 0 aromatic carbocycles. The lowest BCUT2D eigenvalue weighted by molar-refractivity contribution is 0.0537. The quantitative estimate of drug-likeness (QED) is 0.849. The van der Waals surface area contributed by atoms with Crippen LogP contribution in [0.5, 0.6) is 6.01 Å². The summed E-state index contributed by atoms with van der Waals surface area (Å²) in [6.45, 7) is 7.45. The predicted molar refractivity (Wildman–Crippen MR) is 77.2 cm³/mol. The Hall–Kier alpha value is -1.63. The highest BCUT2D eigenvalue weighted by atomic mass is 16.5. The molecule has 1 fully saturated rings. The number of hydrogen-bond acceptors (Lipinski definition) is 7. The molecule has 0 amide bonds. The Morgan fingerprint density at radius 3 is 2.60 bits per heavy atom. The van der Waals surface area contributed by atoms with Gasteiger partial charge in [-0.2, -0.15) is 15.0 Å². The number of hydrogen-bond donors (Lipinski definition) is 2. The topological polar surface area (TPSA) is 81.2 Å². The molecule has 2 rings (SSSR count). The van der Waals surface area contributed by atoms with E-state index in [4.69, 9.17) is 9.47 Å². The van der Waals surface area contributed by atoms with E-state index in [9.17, 15) is 0 Å². The van der Waals surface area contributed by atoms with Crippen molar-refractivity contribution >= 4 is 11.9 Å². The van der Waals surface area contributed by atoms with Crippen LogP contribution in [-0.2, 0) is 4.74 Å². The summed E-state index contributed by atoms with van der Waals surface area (Å²) < 4.78 is 11.1. The summed E-state index contributed by atoms with van der Waals surface area (Å²) in [5, 5.41) is 6.26. The lowest BCUT2D eigenvalue weighted by atomic mass is 9.95. The molecule has 20 heavy (non-hydrogen) atoms. The molecule has 7 nitrogen and oxygen atoms in total. The smallest absolute Gasteiger partial charge is 0.323 e. The first-order valence-corrected chi connectivity index (χ1v) is 6.97. The fraction of sp³-hybridized carbons (Fsp3) is 0.769. The summed E-state index contributed by atoms with van der Waals surface area (Å²) in [4.78, 5) is 12.8. The van der Waals surface area contributed by atoms with E-state index in [-0.39, 0.29) is 11.6 Å². The van der Waals surface area contributed by atoms with E-state index < -0.39 is 0 Å². The standard InChI is InChI=1S/C13H23N5O2/c1-9(2)20-12-16-10(14-4)15-11(17-12)18-13(3)6-5-7-19-8-13/h9H,5-8H2,1-4H3,(H2,14,15,16,17,18). The van der Waals surface area contributed by atoms with Gasteiger partial charge in [-0.3, -0.25) is 0 Å². The zero-order valence-electron chi connectivity index (χ0n) is 12.6. The average molecular weight is 281 g/mol. The Morgan fingerprint density at radius 2 is 2.00 bits per heavy atom. The molecule has 0 radical (unpaired) electrons. The van der Waals surface area contributed by atoms with E-state index >= 15 is 0 Å². The highest BCUT2D eigenvalue weighted by molar-refractivity contribution is 5.37. The van der Waals surface area contributed by atoms with Gasteiger partial charge in [0.2, 0.25) is 11.9 Å². The lowest BCUT2D eigenvalue weighted by Crippen LogP contribution is -2.43. The fourth-order valence-corrected chi connectivity index (χ4v) is 2.09. The molecule has 0 saturated carbocycles. The Balaban J connectivity index is 2.17. The maximum atomic E-state index is 5.55. The first-order valence-electron chi connectivity index (χ1n) is 6.97. The Kier molecular flexibility index (Phi) is 4.59. The molecule has 0 bridgehead atoms. The monoisotopic (exact) mass is 281 g/mol. The van der Waals surface area contributed by atoms with Crippen LogP contribution in [0.3, 0.4) is 0 Å². The molecule has 2 heterocycles. The van der Waals surface area contributed by atoms with Crippen LogP contribution < -0.4 is 15.4 Å². The van der Waals surface area contributed by atoms with E-state index in [1.165, 1.54) is 0 Å². The molecule has 1 unspecified atom stereocenters. The number of ether oxygens (including phenoxy) is 2. The minimum Gasteiger partial charge on any atom is -0.461 e. The van der Waals surface area contributed by atoms with Crippen molar-refractivity contribution < 1.29 is 9.47 Å². The second kappa shape index (κ2) is 6.21. The van der Waals surface area contributed by atoms with Crippen LogP contribution in [0, 0.1) is 0 Å². The van der Waals surface area contributed by atoms with Crippen molar-refractivity contribution in [2.24, 2.45) is 0 Å². The van der Waals surface area contributed by atoms with E-state index in [0.717, 1.165) is 19.4 Å². The van der Waals surface area contributed by atoms with Crippen molar-refractivity contribution in [3.8, 4) is 6.01 Å². The van der Waals surface area contributed by atoms with E-state index in [2.05, 4.69) is 32.5 Å². The van der Waals surface area contributed by atoms with Crippen LogP contribution in [0.1, 0.15) is 33.6 Å². The van der Waals surface area contributed by atoms with Crippen LogP contribution in [0.2, 0.25) is 0 Å². The van der Waals surface area contributed by atoms with Crippen molar-refractivity contribution in [1.29, 1.82) is 0 Å². The van der Waals surface area contributed by atoms with Gasteiger partial charge in [0, 0.05) is 13.7 Å². The summed E-state index contributed by atoms with van der Waals surface area (Å²) in [5.74, 6) is 0.992. The molecule has 7 heteroatoms. The largest absolute Gasteiger partial charge is 0.461 e. The molecule has 1 aliphatic heterocycles. The van der Waals surface area contributed by atoms with Crippen LogP contribution in [0.4, 0.5) is 11.9 Å². The van der Waals surface area contributed by atoms with E-state index in [0.29, 0.717) is 24.5 Å². The average Bonchev–Trinajstić information content (AvgIpc) is 2.37. The number of aromatic nitrogens is 3. The van der Waals surface area contributed by atoms with Gasteiger partial charge in [-0.1, -0.05) is 0 Å². The number of anilines is 2. The molecular weight excluding hydrogens is 258 g/mol. The van der Waals surface area contributed by atoms with Crippen LogP contribution in [-0.4, -0.2) is 46.9 Å². The highest BCUT2D eigenvalue weighted by Crippen LogP contribution is 2.23. The van der Waals surface area contributed by atoms with Crippen LogP contribution >= 0.6 is 0 Å². The molecule has 112 valence electrons. The predicted octanol–water partition coefficient (Wildman–Crippen LogP) is 1.68. The zero-order valence-corrected chi connectivity index (χ0v) is 12.6. The van der Waals surface area contributed by atoms with Crippen LogP contribution in [0.25, 0.3) is 0 Å². The summed E-state index contributed by atoms with van der Waals surface area (Å²) >= 11 is 0. The number of rotatable bonds is 5. The van der Waals surface area contributed by atoms with Crippen molar-refractivity contribution in [1.82, 2.24) is 15.0 Å². The third-order valence-electron chi connectivity index (χ3n) is 3.03. The Morgan fingerprint density at radius 1 is 1.25 bits per heavy atom. The van der Waals surface area contributed by atoms with Crippen molar-refractivity contribution in [2.75, 3.05) is 30.9 Å². The Bertz CT molecular complexity index is 446. The molecule has 1 aliphatic rings. The summed E-state index contributed by atoms with van der Waals surface area (Å²) in [6, 6.07) is 0.321. The van der Waals surface area contributed by atoms with Gasteiger partial charge >= 0.3 is 6.01 Å². The second-order valence-corrected chi connectivity index (χ2v) is 5.52. The number of nitrogens with zero attached hydrogens (tertiary/aromatic N) is 3. The van der Waals surface area contributed by atoms with Gasteiger partial charge < -0.3 is 20.1 Å². The molecule has 1 saturated heterocycles. The molecule has 0 spiro atoms. The molecule has 1 aromatic heterocycles. The zero-order chi connectivity index (χ0) is 14.6. The molecule has 2 N–H and O–H groups in total. The Labute approximate surface area is 119 Å². The molecular formula is C13H23N5O2.